The number of benzene rings is 1. The number of H-pyrrole nitrogens is 1. The molecule has 0 aliphatic rings. The Balaban J connectivity index is 1.43. The van der Waals surface area contributed by atoms with E-state index < -0.39 is 11.7 Å². The number of nitrogens with one attached hydrogen (secondary N) is 1. The number of nitrogens with zero attached hydrogens (tertiary/aromatic N) is 5. The maximum Gasteiger partial charge on any atom is 0.416 e. The van der Waals surface area contributed by atoms with E-state index in [2.05, 4.69) is 20.1 Å². The summed E-state index contributed by atoms with van der Waals surface area (Å²) in [5, 5.41) is 3.79. The number of aromatic nitrogens is 6. The minimum Gasteiger partial charge on any atom is -0.471 e. The van der Waals surface area contributed by atoms with E-state index >= 15 is 0 Å². The van der Waals surface area contributed by atoms with E-state index in [0.29, 0.717) is 23.5 Å². The number of hydrogen-bond donors (Lipinski definition) is 1. The summed E-state index contributed by atoms with van der Waals surface area (Å²) in [6, 6.07) is 6.28. The number of aryl methyl sites for hydroxylation is 1. The summed E-state index contributed by atoms with van der Waals surface area (Å²) in [4.78, 5) is 24.6. The Morgan fingerprint density at radius 2 is 2.09 bits per heavy atom. The standard InChI is InChI=1S/C21H17F3N6O3/c1-2-7-30-19(31)16-18(29-8-6-25-20(29)30)27-17(26-16)14-10-15(28-33-14)32-11-12-4-3-5-13(9-12)21(22,23)24/h3-6,8-10H,2,7,11H2,1H3,(H,26,27). The van der Waals surface area contributed by atoms with Crippen LogP contribution < -0.4 is 10.3 Å². The second kappa shape index (κ2) is 7.80. The second-order valence-corrected chi connectivity index (χ2v) is 7.35. The monoisotopic (exact) mass is 458 g/mol. The summed E-state index contributed by atoms with van der Waals surface area (Å²) in [5.74, 6) is 1.02. The summed E-state index contributed by atoms with van der Waals surface area (Å²) in [5.41, 5.74) is -0.0161. The van der Waals surface area contributed by atoms with Crippen molar-refractivity contribution in [1.29, 1.82) is 0 Å². The maximum atomic E-state index is 12.9. The van der Waals surface area contributed by atoms with E-state index in [1.165, 1.54) is 18.2 Å². The lowest BCUT2D eigenvalue weighted by Crippen LogP contribution is -2.23. The number of halogens is 3. The van der Waals surface area contributed by atoms with Gasteiger partial charge >= 0.3 is 6.18 Å². The fourth-order valence-electron chi connectivity index (χ4n) is 3.55. The van der Waals surface area contributed by atoms with Crippen LogP contribution in [0.5, 0.6) is 5.88 Å². The molecular formula is C21H17F3N6O3. The summed E-state index contributed by atoms with van der Waals surface area (Å²) in [6.07, 6.45) is -0.390. The Bertz CT molecular complexity index is 1510. The highest BCUT2D eigenvalue weighted by Crippen LogP contribution is 2.30. The zero-order chi connectivity index (χ0) is 23.2. The van der Waals surface area contributed by atoms with Gasteiger partial charge in [0, 0.05) is 18.9 Å². The van der Waals surface area contributed by atoms with E-state index in [0.717, 1.165) is 18.6 Å². The van der Waals surface area contributed by atoms with Crippen molar-refractivity contribution in [2.45, 2.75) is 32.7 Å². The third kappa shape index (κ3) is 3.73. The molecule has 9 nitrogen and oxygen atoms in total. The van der Waals surface area contributed by atoms with E-state index in [1.807, 2.05) is 6.92 Å². The number of ether oxygens (including phenoxy) is 1. The molecule has 0 bridgehead atoms. The van der Waals surface area contributed by atoms with Crippen LogP contribution in [0.2, 0.25) is 0 Å². The van der Waals surface area contributed by atoms with Crippen molar-refractivity contribution in [1.82, 2.24) is 29.1 Å². The number of rotatable bonds is 6. The minimum absolute atomic E-state index is 0.0686. The molecule has 0 radical (unpaired) electrons. The maximum absolute atomic E-state index is 12.9. The van der Waals surface area contributed by atoms with E-state index in [1.54, 1.807) is 21.4 Å². The van der Waals surface area contributed by atoms with Gasteiger partial charge in [-0.15, -0.1) is 0 Å². The van der Waals surface area contributed by atoms with Crippen molar-refractivity contribution in [3.05, 3.63) is 64.2 Å². The molecule has 170 valence electrons. The highest BCUT2D eigenvalue weighted by atomic mass is 19.4. The van der Waals surface area contributed by atoms with Gasteiger partial charge in [-0.05, 0) is 29.3 Å². The molecule has 4 heterocycles. The van der Waals surface area contributed by atoms with Crippen molar-refractivity contribution in [3.8, 4) is 17.5 Å². The Labute approximate surface area is 183 Å². The summed E-state index contributed by atoms with van der Waals surface area (Å²) >= 11 is 0. The van der Waals surface area contributed by atoms with Gasteiger partial charge in [0.15, 0.2) is 17.0 Å². The van der Waals surface area contributed by atoms with Crippen molar-refractivity contribution in [2.75, 3.05) is 0 Å². The first kappa shape index (κ1) is 20.8. The predicted molar refractivity (Wildman–Crippen MR) is 111 cm³/mol. The molecular weight excluding hydrogens is 441 g/mol. The Morgan fingerprint density at radius 3 is 2.88 bits per heavy atom. The molecule has 12 heteroatoms. The van der Waals surface area contributed by atoms with Gasteiger partial charge < -0.3 is 14.2 Å². The van der Waals surface area contributed by atoms with Crippen LogP contribution in [0, 0.1) is 0 Å². The van der Waals surface area contributed by atoms with Crippen LogP contribution >= 0.6 is 0 Å². The number of alkyl halides is 3. The molecule has 33 heavy (non-hydrogen) atoms. The molecule has 0 saturated carbocycles. The van der Waals surface area contributed by atoms with Crippen molar-refractivity contribution >= 4 is 16.9 Å². The van der Waals surface area contributed by atoms with Gasteiger partial charge in [-0.2, -0.15) is 13.2 Å². The highest BCUT2D eigenvalue weighted by Gasteiger charge is 2.30. The van der Waals surface area contributed by atoms with Crippen LogP contribution in [0.1, 0.15) is 24.5 Å². The lowest BCUT2D eigenvalue weighted by atomic mass is 10.1. The van der Waals surface area contributed by atoms with Gasteiger partial charge in [0.1, 0.15) is 6.61 Å². The Morgan fingerprint density at radius 1 is 1.24 bits per heavy atom. The van der Waals surface area contributed by atoms with Crippen molar-refractivity contribution in [3.63, 3.8) is 0 Å². The Kier molecular flexibility index (Phi) is 4.91. The van der Waals surface area contributed by atoms with Crippen LogP contribution in [-0.2, 0) is 19.3 Å². The van der Waals surface area contributed by atoms with Gasteiger partial charge in [-0.3, -0.25) is 13.8 Å². The first-order chi connectivity index (χ1) is 15.8. The second-order valence-electron chi connectivity index (χ2n) is 7.35. The smallest absolute Gasteiger partial charge is 0.416 e. The average molecular weight is 458 g/mol. The fraction of sp³-hybridized carbons (Fsp3) is 0.238. The molecule has 1 aromatic carbocycles. The molecule has 0 atom stereocenters. The van der Waals surface area contributed by atoms with Crippen molar-refractivity contribution < 1.29 is 22.4 Å². The van der Waals surface area contributed by atoms with Gasteiger partial charge in [0.2, 0.25) is 11.5 Å². The first-order valence-electron chi connectivity index (χ1n) is 10.1. The lowest BCUT2D eigenvalue weighted by molar-refractivity contribution is -0.137. The zero-order valence-electron chi connectivity index (χ0n) is 17.3. The topological polar surface area (TPSA) is 103 Å². The Hall–Kier alpha value is -4.09. The number of hydrogen-bond acceptors (Lipinski definition) is 6. The number of fused-ring (bicyclic) bond motifs is 3. The van der Waals surface area contributed by atoms with E-state index in [-0.39, 0.29) is 35.1 Å². The first-order valence-corrected chi connectivity index (χ1v) is 10.1. The normalized spacial score (nSPS) is 12.1. The van der Waals surface area contributed by atoms with Gasteiger partial charge in [0.25, 0.3) is 11.4 Å². The van der Waals surface area contributed by atoms with E-state index in [4.69, 9.17) is 9.26 Å². The molecule has 0 aliphatic carbocycles. The molecule has 0 amide bonds. The number of aromatic amines is 1. The molecule has 0 fully saturated rings. The minimum atomic E-state index is -4.44. The quantitative estimate of drug-likeness (QED) is 0.412. The molecule has 0 spiro atoms. The van der Waals surface area contributed by atoms with Gasteiger partial charge in [0.05, 0.1) is 11.6 Å². The summed E-state index contributed by atoms with van der Waals surface area (Å²) in [6.45, 7) is 2.33. The van der Waals surface area contributed by atoms with Crippen molar-refractivity contribution in [2.24, 2.45) is 0 Å². The van der Waals surface area contributed by atoms with Crippen LogP contribution in [0.3, 0.4) is 0 Å². The molecule has 0 unspecified atom stereocenters. The molecule has 0 saturated heterocycles. The number of imidazole rings is 2. The van der Waals surface area contributed by atoms with Gasteiger partial charge in [-0.25, -0.2) is 9.97 Å². The lowest BCUT2D eigenvalue weighted by Gasteiger charge is -2.08. The molecule has 4 aromatic heterocycles. The average Bonchev–Trinajstić information content (AvgIpc) is 3.53. The van der Waals surface area contributed by atoms with Gasteiger partial charge in [-0.1, -0.05) is 19.1 Å². The molecule has 1 N–H and O–H groups in total. The largest absolute Gasteiger partial charge is 0.471 e. The zero-order valence-corrected chi connectivity index (χ0v) is 17.3. The summed E-state index contributed by atoms with van der Waals surface area (Å²) < 4.78 is 52.6. The SMILES string of the molecule is CCCn1c(=O)c2[nH]c(-c3cc(OCc4cccc(C(F)(F)F)c4)no3)nc2n2ccnc12. The fourth-order valence-corrected chi connectivity index (χ4v) is 3.55. The van der Waals surface area contributed by atoms with Crippen LogP contribution in [0.15, 0.2) is 52.0 Å². The molecule has 5 rings (SSSR count). The van der Waals surface area contributed by atoms with Crippen LogP contribution in [0.25, 0.3) is 28.5 Å². The third-order valence-corrected chi connectivity index (χ3v) is 5.04. The van der Waals surface area contributed by atoms with Crippen LogP contribution in [0.4, 0.5) is 13.2 Å². The molecule has 5 aromatic rings. The third-order valence-electron chi connectivity index (χ3n) is 5.04. The molecule has 0 aliphatic heterocycles. The highest BCUT2D eigenvalue weighted by molar-refractivity contribution is 5.76. The predicted octanol–water partition coefficient (Wildman–Crippen LogP) is 4.04. The van der Waals surface area contributed by atoms with E-state index in [9.17, 15) is 18.0 Å². The summed E-state index contributed by atoms with van der Waals surface area (Å²) in [7, 11) is 0. The van der Waals surface area contributed by atoms with Crippen LogP contribution in [-0.4, -0.2) is 29.1 Å².